The molecular formula is C35H34F4N4O6. The SMILES string of the molecule is CCOc1c(CC(=O)NC2CC(O)C2)cc([C@@](O)(CNC(=O)c2cc(OC3CC3)c3ncccc3c2)C(F)(F)F)nc1-c1ccc(F)cc1. The second-order valence-electron chi connectivity index (χ2n) is 12.3. The van der Waals surface area contributed by atoms with Crippen LogP contribution >= 0.6 is 0 Å². The van der Waals surface area contributed by atoms with E-state index in [9.17, 15) is 37.4 Å². The Kier molecular flexibility index (Phi) is 9.45. The average molecular weight is 683 g/mol. The lowest BCUT2D eigenvalue weighted by Gasteiger charge is -2.32. The van der Waals surface area contributed by atoms with Crippen LogP contribution in [0.25, 0.3) is 22.2 Å². The normalized spacial score (nSPS) is 18.7. The van der Waals surface area contributed by atoms with Crippen molar-refractivity contribution in [3.63, 3.8) is 0 Å². The molecule has 2 aliphatic rings. The molecule has 258 valence electrons. The maximum Gasteiger partial charge on any atom is 0.424 e. The molecule has 0 aliphatic heterocycles. The van der Waals surface area contributed by atoms with Crippen molar-refractivity contribution in [2.24, 2.45) is 0 Å². The van der Waals surface area contributed by atoms with Gasteiger partial charge in [0.15, 0.2) is 0 Å². The Bertz CT molecular complexity index is 1860. The van der Waals surface area contributed by atoms with Crippen molar-refractivity contribution in [2.75, 3.05) is 13.2 Å². The highest BCUT2D eigenvalue weighted by Crippen LogP contribution is 2.42. The lowest BCUT2D eigenvalue weighted by Crippen LogP contribution is -2.51. The van der Waals surface area contributed by atoms with Gasteiger partial charge in [-0.1, -0.05) is 6.07 Å². The number of halogens is 4. The van der Waals surface area contributed by atoms with Gasteiger partial charge in [-0.2, -0.15) is 13.2 Å². The Morgan fingerprint density at radius 3 is 2.45 bits per heavy atom. The minimum absolute atomic E-state index is 0.00852. The zero-order chi connectivity index (χ0) is 34.9. The van der Waals surface area contributed by atoms with Crippen LogP contribution in [0.4, 0.5) is 17.6 Å². The summed E-state index contributed by atoms with van der Waals surface area (Å²) in [7, 11) is 0. The van der Waals surface area contributed by atoms with Crippen LogP contribution in [0.15, 0.2) is 60.8 Å². The largest absolute Gasteiger partial charge is 0.491 e. The predicted molar refractivity (Wildman–Crippen MR) is 169 cm³/mol. The van der Waals surface area contributed by atoms with Crippen LogP contribution in [0.3, 0.4) is 0 Å². The van der Waals surface area contributed by atoms with Crippen LogP contribution in [-0.4, -0.2) is 69.6 Å². The molecule has 2 heterocycles. The number of rotatable bonds is 12. The molecule has 0 radical (unpaired) electrons. The third-order valence-electron chi connectivity index (χ3n) is 8.43. The fourth-order valence-electron chi connectivity index (χ4n) is 5.59. The smallest absolute Gasteiger partial charge is 0.424 e. The second-order valence-corrected chi connectivity index (χ2v) is 12.3. The van der Waals surface area contributed by atoms with Gasteiger partial charge in [0.25, 0.3) is 5.91 Å². The third-order valence-corrected chi connectivity index (χ3v) is 8.43. The first-order valence-corrected chi connectivity index (χ1v) is 15.9. The molecule has 49 heavy (non-hydrogen) atoms. The van der Waals surface area contributed by atoms with Gasteiger partial charge in [-0.25, -0.2) is 9.37 Å². The first kappa shape index (κ1) is 34.1. The van der Waals surface area contributed by atoms with Crippen molar-refractivity contribution in [1.29, 1.82) is 0 Å². The first-order valence-electron chi connectivity index (χ1n) is 15.9. The van der Waals surface area contributed by atoms with Crippen molar-refractivity contribution < 1.29 is 46.8 Å². The van der Waals surface area contributed by atoms with E-state index in [1.54, 1.807) is 25.3 Å². The minimum atomic E-state index is -5.37. The summed E-state index contributed by atoms with van der Waals surface area (Å²) in [6, 6.07) is 11.6. The van der Waals surface area contributed by atoms with Crippen molar-refractivity contribution >= 4 is 22.7 Å². The Balaban J connectivity index is 1.37. The number of carbonyl (C=O) groups is 2. The van der Waals surface area contributed by atoms with Crippen molar-refractivity contribution in [1.82, 2.24) is 20.6 Å². The Morgan fingerprint density at radius 1 is 1.06 bits per heavy atom. The van der Waals surface area contributed by atoms with Crippen LogP contribution in [0.1, 0.15) is 54.2 Å². The number of amides is 2. The van der Waals surface area contributed by atoms with E-state index in [4.69, 9.17) is 9.47 Å². The summed E-state index contributed by atoms with van der Waals surface area (Å²) >= 11 is 0. The van der Waals surface area contributed by atoms with Gasteiger partial charge in [-0.3, -0.25) is 14.6 Å². The predicted octanol–water partition coefficient (Wildman–Crippen LogP) is 4.74. The van der Waals surface area contributed by atoms with E-state index in [-0.39, 0.29) is 46.9 Å². The molecule has 1 atom stereocenters. The number of carbonyl (C=O) groups excluding carboxylic acids is 2. The number of nitrogens with one attached hydrogen (secondary N) is 2. The molecule has 14 heteroatoms. The molecule has 6 rings (SSSR count). The molecule has 2 amide bonds. The molecule has 2 aromatic heterocycles. The van der Waals surface area contributed by atoms with Crippen LogP contribution in [0.5, 0.6) is 11.5 Å². The summed E-state index contributed by atoms with van der Waals surface area (Å²) in [5, 5.41) is 26.5. The highest BCUT2D eigenvalue weighted by Gasteiger charge is 2.57. The van der Waals surface area contributed by atoms with Gasteiger partial charge in [0.05, 0.1) is 37.5 Å². The van der Waals surface area contributed by atoms with E-state index in [0.717, 1.165) is 31.0 Å². The molecule has 10 nitrogen and oxygen atoms in total. The van der Waals surface area contributed by atoms with Gasteiger partial charge in [0, 0.05) is 34.3 Å². The highest BCUT2D eigenvalue weighted by atomic mass is 19.4. The number of nitrogens with zero attached hydrogens (tertiary/aromatic N) is 2. The molecule has 0 saturated heterocycles. The zero-order valence-corrected chi connectivity index (χ0v) is 26.4. The standard InChI is InChI=1S/C35H34F4N4O6/c1-2-48-32-21(15-29(45)42-24-16-25(44)17-24)14-28(43-31(32)19-5-7-23(36)8-6-19)34(47,35(37,38)39)18-41-33(46)22-12-20-4-3-11-40-30(20)27(13-22)49-26-9-10-26/h3-8,11-14,24-26,44,47H,2,9-10,15-18H2,1H3,(H,41,46)(H,42,45)/t24?,25?,34-/m0/s1. The average Bonchev–Trinajstić information content (AvgIpc) is 3.87. The Morgan fingerprint density at radius 2 is 1.80 bits per heavy atom. The summed E-state index contributed by atoms with van der Waals surface area (Å²) in [5.74, 6) is -1.79. The number of fused-ring (bicyclic) bond motifs is 1. The maximum absolute atomic E-state index is 14.9. The monoisotopic (exact) mass is 682 g/mol. The molecule has 2 aromatic carbocycles. The van der Waals surface area contributed by atoms with E-state index in [0.29, 0.717) is 29.5 Å². The number of hydrogen-bond donors (Lipinski definition) is 4. The van der Waals surface area contributed by atoms with Crippen LogP contribution in [-0.2, 0) is 16.8 Å². The van der Waals surface area contributed by atoms with E-state index >= 15 is 0 Å². The zero-order valence-electron chi connectivity index (χ0n) is 26.4. The van der Waals surface area contributed by atoms with Gasteiger partial charge >= 0.3 is 6.18 Å². The number of benzene rings is 2. The van der Waals surface area contributed by atoms with Crippen LogP contribution in [0, 0.1) is 5.82 Å². The molecule has 4 aromatic rings. The minimum Gasteiger partial charge on any atom is -0.491 e. The first-order chi connectivity index (χ1) is 23.3. The van der Waals surface area contributed by atoms with Crippen molar-refractivity contribution in [2.45, 2.75) is 69.1 Å². The fraction of sp³-hybridized carbons (Fsp3) is 0.371. The quantitative estimate of drug-likeness (QED) is 0.157. The second kappa shape index (κ2) is 13.6. The summed E-state index contributed by atoms with van der Waals surface area (Å²) < 4.78 is 70.3. The van der Waals surface area contributed by atoms with Gasteiger partial charge in [0.2, 0.25) is 11.5 Å². The molecule has 4 N–H and O–H groups in total. The van der Waals surface area contributed by atoms with Gasteiger partial charge in [-0.15, -0.1) is 0 Å². The van der Waals surface area contributed by atoms with Gasteiger partial charge in [-0.05, 0) is 81.1 Å². The summed E-state index contributed by atoms with van der Waals surface area (Å²) in [6.45, 7) is 0.341. The van der Waals surface area contributed by atoms with Crippen molar-refractivity contribution in [3.05, 3.63) is 83.4 Å². The number of aromatic nitrogens is 2. The van der Waals surface area contributed by atoms with E-state index in [1.807, 2.05) is 0 Å². The number of aliphatic hydroxyl groups is 2. The number of hydrogen-bond acceptors (Lipinski definition) is 8. The third kappa shape index (κ3) is 7.44. The molecule has 2 aliphatic carbocycles. The van der Waals surface area contributed by atoms with Gasteiger partial charge < -0.3 is 30.3 Å². The number of pyridine rings is 2. The molecule has 0 unspecified atom stereocenters. The maximum atomic E-state index is 14.9. The van der Waals surface area contributed by atoms with E-state index < -0.39 is 54.2 Å². The molecule has 0 spiro atoms. The summed E-state index contributed by atoms with van der Waals surface area (Å²) in [4.78, 5) is 34.9. The highest BCUT2D eigenvalue weighted by molar-refractivity contribution is 6.00. The molecular weight excluding hydrogens is 648 g/mol. The number of aliphatic hydroxyl groups excluding tert-OH is 1. The van der Waals surface area contributed by atoms with Crippen LogP contribution < -0.4 is 20.1 Å². The molecule has 2 saturated carbocycles. The van der Waals surface area contributed by atoms with Crippen molar-refractivity contribution in [3.8, 4) is 22.8 Å². The number of alkyl halides is 3. The topological polar surface area (TPSA) is 143 Å². The van der Waals surface area contributed by atoms with E-state index in [1.165, 1.54) is 24.3 Å². The lowest BCUT2D eigenvalue weighted by molar-refractivity contribution is -0.265. The molecule has 2 fully saturated rings. The lowest BCUT2D eigenvalue weighted by atomic mass is 9.89. The molecule has 0 bridgehead atoms. The van der Waals surface area contributed by atoms with Crippen LogP contribution in [0.2, 0.25) is 0 Å². The number of ether oxygens (including phenoxy) is 2. The summed E-state index contributed by atoms with van der Waals surface area (Å²) in [6.07, 6.45) is -2.54. The van der Waals surface area contributed by atoms with E-state index in [2.05, 4.69) is 20.6 Å². The Hall–Kier alpha value is -4.82. The fourth-order valence-corrected chi connectivity index (χ4v) is 5.59. The van der Waals surface area contributed by atoms with Gasteiger partial charge in [0.1, 0.15) is 28.5 Å². The summed E-state index contributed by atoms with van der Waals surface area (Å²) in [5.41, 5.74) is -4.19. The Labute approximate surface area is 278 Å².